The fraction of sp³-hybridized carbons (Fsp3) is 0.292. The lowest BCUT2D eigenvalue weighted by atomic mass is 9.95. The smallest absolute Gasteiger partial charge is 0.338 e. The first-order valence-corrected chi connectivity index (χ1v) is 12.2. The molecule has 0 bridgehead atoms. The van der Waals surface area contributed by atoms with Gasteiger partial charge in [0.2, 0.25) is 0 Å². The Kier molecular flexibility index (Phi) is 7.08. The van der Waals surface area contributed by atoms with Gasteiger partial charge in [-0.15, -0.1) is 0 Å². The normalized spacial score (nSPS) is 15.7. The van der Waals surface area contributed by atoms with Gasteiger partial charge in [-0.3, -0.25) is 9.36 Å². The Morgan fingerprint density at radius 3 is 2.68 bits per heavy atom. The van der Waals surface area contributed by atoms with Crippen LogP contribution in [0, 0.1) is 0 Å². The van der Waals surface area contributed by atoms with Crippen LogP contribution >= 0.6 is 27.3 Å². The number of furan rings is 1. The lowest BCUT2D eigenvalue weighted by molar-refractivity contribution is -0.139. The van der Waals surface area contributed by atoms with E-state index in [0.29, 0.717) is 54.7 Å². The highest BCUT2D eigenvalue weighted by atomic mass is 79.9. The number of hydrogen-bond donors (Lipinski definition) is 0. The molecule has 0 saturated carbocycles. The van der Waals surface area contributed by atoms with Crippen LogP contribution < -0.4 is 24.4 Å². The summed E-state index contributed by atoms with van der Waals surface area (Å²) in [5, 5.41) is 0. The number of allylic oxidation sites excluding steroid dienone is 1. The number of ether oxygens (including phenoxy) is 3. The average molecular weight is 547 g/mol. The summed E-state index contributed by atoms with van der Waals surface area (Å²) in [5.74, 6) is 1.08. The molecule has 0 N–H and O–H groups in total. The number of methoxy groups -OCH3 is 1. The lowest BCUT2D eigenvalue weighted by Crippen LogP contribution is -2.39. The molecular formula is C24H23BrN2O6S. The fourth-order valence-electron chi connectivity index (χ4n) is 3.77. The van der Waals surface area contributed by atoms with Crippen LogP contribution in [0.3, 0.4) is 0 Å². The third kappa shape index (κ3) is 4.47. The van der Waals surface area contributed by atoms with Crippen molar-refractivity contribution in [2.75, 3.05) is 20.3 Å². The molecule has 178 valence electrons. The fourth-order valence-corrected chi connectivity index (χ4v) is 5.12. The van der Waals surface area contributed by atoms with Crippen molar-refractivity contribution in [2.24, 2.45) is 4.99 Å². The topological polar surface area (TPSA) is 92.3 Å². The molecule has 0 amide bonds. The van der Waals surface area contributed by atoms with Crippen LogP contribution in [0.25, 0.3) is 6.08 Å². The van der Waals surface area contributed by atoms with E-state index in [2.05, 4.69) is 20.9 Å². The summed E-state index contributed by atoms with van der Waals surface area (Å²) in [6, 6.07) is 8.12. The first-order chi connectivity index (χ1) is 16.4. The van der Waals surface area contributed by atoms with Crippen LogP contribution in [0.4, 0.5) is 0 Å². The van der Waals surface area contributed by atoms with Crippen LogP contribution in [0.5, 0.6) is 11.5 Å². The van der Waals surface area contributed by atoms with E-state index in [-0.39, 0.29) is 12.2 Å². The summed E-state index contributed by atoms with van der Waals surface area (Å²) in [5.41, 5.74) is 1.18. The number of hydrogen-bond acceptors (Lipinski definition) is 8. The molecule has 4 rings (SSSR count). The number of aromatic nitrogens is 1. The number of carbonyl (C=O) groups is 1. The maximum Gasteiger partial charge on any atom is 0.338 e. The molecule has 2 aromatic heterocycles. The van der Waals surface area contributed by atoms with E-state index in [0.717, 1.165) is 0 Å². The molecule has 1 aliphatic rings. The monoisotopic (exact) mass is 546 g/mol. The van der Waals surface area contributed by atoms with E-state index >= 15 is 0 Å². The minimum Gasteiger partial charge on any atom is -0.493 e. The largest absolute Gasteiger partial charge is 0.493 e. The van der Waals surface area contributed by atoms with Gasteiger partial charge in [0.1, 0.15) is 5.76 Å². The van der Waals surface area contributed by atoms with Crippen molar-refractivity contribution in [2.45, 2.75) is 26.8 Å². The second-order valence-corrected chi connectivity index (χ2v) is 9.08. The first kappa shape index (κ1) is 24.0. The minimum atomic E-state index is -0.745. The predicted molar refractivity (Wildman–Crippen MR) is 131 cm³/mol. The number of fused-ring (bicyclic) bond motifs is 1. The zero-order chi connectivity index (χ0) is 24.4. The number of esters is 1. The third-order valence-electron chi connectivity index (χ3n) is 5.19. The Hall–Kier alpha value is -3.11. The van der Waals surface area contributed by atoms with Crippen LogP contribution in [0.2, 0.25) is 0 Å². The van der Waals surface area contributed by atoms with Crippen LogP contribution in [0.15, 0.2) is 60.5 Å². The SMILES string of the molecule is CCOC(=O)C1=C(C)N=c2s/c(=C\c3ccc(Br)o3)c(=O)n2C1c1ccc(OC)c(OCC)c1. The van der Waals surface area contributed by atoms with Crippen molar-refractivity contribution >= 4 is 39.3 Å². The van der Waals surface area contributed by atoms with Gasteiger partial charge in [-0.2, -0.15) is 0 Å². The van der Waals surface area contributed by atoms with E-state index in [9.17, 15) is 9.59 Å². The van der Waals surface area contributed by atoms with Crippen LogP contribution in [-0.2, 0) is 9.53 Å². The zero-order valence-electron chi connectivity index (χ0n) is 19.1. The van der Waals surface area contributed by atoms with Gasteiger partial charge in [-0.05, 0) is 66.5 Å². The van der Waals surface area contributed by atoms with Gasteiger partial charge >= 0.3 is 5.97 Å². The highest BCUT2D eigenvalue weighted by Gasteiger charge is 2.34. The molecule has 3 aromatic rings. The lowest BCUT2D eigenvalue weighted by Gasteiger charge is -2.25. The van der Waals surface area contributed by atoms with Crippen molar-refractivity contribution < 1.29 is 23.4 Å². The van der Waals surface area contributed by atoms with Crippen LogP contribution in [-0.4, -0.2) is 30.9 Å². The number of rotatable bonds is 7. The summed E-state index contributed by atoms with van der Waals surface area (Å²) >= 11 is 4.50. The van der Waals surface area contributed by atoms with E-state index < -0.39 is 12.0 Å². The molecule has 0 saturated heterocycles. The summed E-state index contributed by atoms with van der Waals surface area (Å²) < 4.78 is 24.5. The molecule has 34 heavy (non-hydrogen) atoms. The van der Waals surface area contributed by atoms with Gasteiger partial charge in [0.05, 0.1) is 42.2 Å². The highest BCUT2D eigenvalue weighted by molar-refractivity contribution is 9.10. The van der Waals surface area contributed by atoms with E-state index in [1.807, 2.05) is 13.0 Å². The number of benzene rings is 1. The maximum absolute atomic E-state index is 13.6. The van der Waals surface area contributed by atoms with Gasteiger partial charge in [-0.25, -0.2) is 9.79 Å². The zero-order valence-corrected chi connectivity index (χ0v) is 21.5. The molecule has 8 nitrogen and oxygen atoms in total. The van der Waals surface area contributed by atoms with E-state index in [1.165, 1.54) is 15.9 Å². The molecule has 1 aliphatic heterocycles. The van der Waals surface area contributed by atoms with Gasteiger partial charge in [0.25, 0.3) is 5.56 Å². The number of carbonyl (C=O) groups excluding carboxylic acids is 1. The van der Waals surface area contributed by atoms with Gasteiger partial charge < -0.3 is 18.6 Å². The molecule has 3 heterocycles. The molecule has 0 spiro atoms. The Labute approximate surface area is 207 Å². The third-order valence-corrected chi connectivity index (χ3v) is 6.60. The average Bonchev–Trinajstić information content (AvgIpc) is 3.35. The summed E-state index contributed by atoms with van der Waals surface area (Å²) in [6.07, 6.45) is 1.66. The van der Waals surface area contributed by atoms with E-state index in [1.54, 1.807) is 51.3 Å². The highest BCUT2D eigenvalue weighted by Crippen LogP contribution is 2.36. The number of halogens is 1. The second-order valence-electron chi connectivity index (χ2n) is 7.29. The summed E-state index contributed by atoms with van der Waals surface area (Å²) in [4.78, 5) is 31.6. The molecule has 0 radical (unpaired) electrons. The predicted octanol–water partition coefficient (Wildman–Crippen LogP) is 3.56. The van der Waals surface area contributed by atoms with Crippen molar-refractivity contribution in [1.29, 1.82) is 0 Å². The van der Waals surface area contributed by atoms with E-state index in [4.69, 9.17) is 18.6 Å². The Morgan fingerprint density at radius 1 is 1.24 bits per heavy atom. The van der Waals surface area contributed by atoms with Gasteiger partial charge in [0, 0.05) is 6.08 Å². The van der Waals surface area contributed by atoms with Crippen molar-refractivity contribution in [3.63, 3.8) is 0 Å². The Morgan fingerprint density at radius 2 is 2.03 bits per heavy atom. The van der Waals surface area contributed by atoms with Crippen molar-refractivity contribution in [3.8, 4) is 11.5 Å². The molecular weight excluding hydrogens is 524 g/mol. The minimum absolute atomic E-state index is 0.201. The van der Waals surface area contributed by atoms with Gasteiger partial charge in [0.15, 0.2) is 21.0 Å². The molecule has 1 atom stereocenters. The number of nitrogens with zero attached hydrogens (tertiary/aromatic N) is 2. The van der Waals surface area contributed by atoms with Crippen molar-refractivity contribution in [3.05, 3.63) is 77.3 Å². The number of thiazole rings is 1. The Bertz CT molecular complexity index is 1450. The first-order valence-electron chi connectivity index (χ1n) is 10.6. The Balaban J connectivity index is 1.96. The molecule has 10 heteroatoms. The molecule has 0 aliphatic carbocycles. The van der Waals surface area contributed by atoms with Gasteiger partial charge in [-0.1, -0.05) is 17.4 Å². The van der Waals surface area contributed by atoms with Crippen molar-refractivity contribution in [1.82, 2.24) is 4.57 Å². The summed E-state index contributed by atoms with van der Waals surface area (Å²) in [6.45, 7) is 5.98. The molecule has 1 unspecified atom stereocenters. The second kappa shape index (κ2) is 10.0. The maximum atomic E-state index is 13.6. The molecule has 1 aromatic carbocycles. The van der Waals surface area contributed by atoms with Crippen LogP contribution in [0.1, 0.15) is 38.1 Å². The quantitative estimate of drug-likeness (QED) is 0.420. The summed E-state index contributed by atoms with van der Waals surface area (Å²) in [7, 11) is 1.56. The molecule has 0 fully saturated rings. The standard InChI is InChI=1S/C24H23BrN2O6S/c1-5-31-17-11-14(7-9-16(17)30-4)21-20(23(29)32-6-2)13(3)26-24-27(21)22(28)18(34-24)12-15-8-10-19(25)33-15/h7-12,21H,5-6H2,1-4H3/b18-12-.